The Hall–Kier alpha value is -4.55. The molecule has 3 aromatic rings. The molecule has 216 valence electrons. The summed E-state index contributed by atoms with van der Waals surface area (Å²) in [7, 11) is 1.49. The van der Waals surface area contributed by atoms with Crippen LogP contribution in [0.25, 0.3) is 16.9 Å². The lowest BCUT2D eigenvalue weighted by molar-refractivity contribution is -0.137. The Morgan fingerprint density at radius 2 is 1.95 bits per heavy atom. The van der Waals surface area contributed by atoms with Crippen molar-refractivity contribution < 1.29 is 27.5 Å². The Balaban J connectivity index is 1.71. The maximum absolute atomic E-state index is 14.3. The number of methoxy groups -OCH3 is 1. The highest BCUT2D eigenvalue weighted by Gasteiger charge is 2.37. The summed E-state index contributed by atoms with van der Waals surface area (Å²) in [5, 5.41) is 7.33. The van der Waals surface area contributed by atoms with E-state index in [1.54, 1.807) is 24.3 Å². The quantitative estimate of drug-likeness (QED) is 0.448. The van der Waals surface area contributed by atoms with Crippen molar-refractivity contribution >= 4 is 23.2 Å². The molecule has 5 rings (SSSR count). The van der Waals surface area contributed by atoms with Gasteiger partial charge in [-0.15, -0.1) is 0 Å². The molecule has 0 bridgehead atoms. The van der Waals surface area contributed by atoms with Gasteiger partial charge in [0.2, 0.25) is 11.8 Å². The van der Waals surface area contributed by atoms with E-state index in [2.05, 4.69) is 10.4 Å². The first-order chi connectivity index (χ1) is 19.5. The van der Waals surface area contributed by atoms with Gasteiger partial charge >= 0.3 is 6.18 Å². The number of ether oxygens (including phenoxy) is 1. The molecular weight excluding hydrogens is 541 g/mol. The molecular formula is C28H29F3N6O4. The number of anilines is 2. The van der Waals surface area contributed by atoms with Gasteiger partial charge in [-0.1, -0.05) is 12.1 Å². The number of carbonyl (C=O) groups is 2. The minimum atomic E-state index is -4.79. The SMILES string of the molecule is COc1cccc(-c2nn(-c3cc(N4CCC(NC(C)=O)C4)ccc3C(F)(F)F)c(=O)c3c2CCN3CC(N)=O)c1. The van der Waals surface area contributed by atoms with E-state index in [1.807, 2.05) is 4.90 Å². The Labute approximate surface area is 233 Å². The van der Waals surface area contributed by atoms with Crippen molar-refractivity contribution in [2.75, 3.05) is 43.1 Å². The lowest BCUT2D eigenvalue weighted by atomic mass is 10.0. The van der Waals surface area contributed by atoms with Gasteiger partial charge in [-0.25, -0.2) is 0 Å². The van der Waals surface area contributed by atoms with Crippen LogP contribution < -0.4 is 31.1 Å². The molecule has 2 aliphatic rings. The Morgan fingerprint density at radius 3 is 2.63 bits per heavy atom. The average Bonchev–Trinajstić information content (AvgIpc) is 3.55. The van der Waals surface area contributed by atoms with Crippen LogP contribution in [0.2, 0.25) is 0 Å². The van der Waals surface area contributed by atoms with E-state index < -0.39 is 28.9 Å². The minimum Gasteiger partial charge on any atom is -0.497 e. The third-order valence-electron chi connectivity index (χ3n) is 7.28. The number of hydrogen-bond acceptors (Lipinski definition) is 7. The number of primary amides is 1. The standard InChI is InChI=1S/C28H29F3N6O4/c1-16(38)33-18-8-10-35(14-18)19-6-7-22(28(29,30)31)23(13-19)37-27(40)26-21(9-11-36(26)15-24(32)39)25(34-37)17-4-3-5-20(12-17)41-2/h3-7,12-13,18H,8-11,14-15H2,1-2H3,(H2,32,39)(H,33,38). The lowest BCUT2D eigenvalue weighted by Crippen LogP contribution is -2.37. The van der Waals surface area contributed by atoms with E-state index in [4.69, 9.17) is 10.5 Å². The fourth-order valence-electron chi connectivity index (χ4n) is 5.51. The first-order valence-electron chi connectivity index (χ1n) is 13.0. The zero-order valence-electron chi connectivity index (χ0n) is 22.5. The van der Waals surface area contributed by atoms with Crippen molar-refractivity contribution in [3.63, 3.8) is 0 Å². The number of nitrogens with zero attached hydrogens (tertiary/aromatic N) is 4. The molecule has 41 heavy (non-hydrogen) atoms. The Bertz CT molecular complexity index is 1570. The fraction of sp³-hybridized carbons (Fsp3) is 0.357. The van der Waals surface area contributed by atoms with E-state index in [0.717, 1.165) is 10.7 Å². The largest absolute Gasteiger partial charge is 0.497 e. The zero-order valence-corrected chi connectivity index (χ0v) is 22.5. The number of rotatable bonds is 7. The minimum absolute atomic E-state index is 0.0852. The molecule has 0 aliphatic carbocycles. The molecule has 2 aliphatic heterocycles. The smallest absolute Gasteiger partial charge is 0.418 e. The van der Waals surface area contributed by atoms with E-state index in [0.29, 0.717) is 54.2 Å². The van der Waals surface area contributed by atoms with Crippen LogP contribution in [0, 0.1) is 0 Å². The van der Waals surface area contributed by atoms with E-state index >= 15 is 0 Å². The molecule has 1 unspecified atom stereocenters. The maximum Gasteiger partial charge on any atom is 0.418 e. The highest BCUT2D eigenvalue weighted by atomic mass is 19.4. The number of carbonyl (C=O) groups excluding carboxylic acids is 2. The molecule has 0 saturated carbocycles. The third kappa shape index (κ3) is 5.56. The van der Waals surface area contributed by atoms with Gasteiger partial charge < -0.3 is 25.6 Å². The van der Waals surface area contributed by atoms with E-state index in [1.165, 1.54) is 31.1 Å². The van der Waals surface area contributed by atoms with E-state index in [-0.39, 0.29) is 30.7 Å². The van der Waals surface area contributed by atoms with Crippen LogP contribution in [0.4, 0.5) is 24.5 Å². The highest BCUT2D eigenvalue weighted by Crippen LogP contribution is 2.38. The van der Waals surface area contributed by atoms with Crippen LogP contribution in [0.15, 0.2) is 47.3 Å². The molecule has 2 aromatic carbocycles. The highest BCUT2D eigenvalue weighted by molar-refractivity contribution is 5.82. The second-order valence-electron chi connectivity index (χ2n) is 10.1. The van der Waals surface area contributed by atoms with Gasteiger partial charge in [0.15, 0.2) is 0 Å². The molecule has 1 atom stereocenters. The molecule has 0 radical (unpaired) electrons. The molecule has 13 heteroatoms. The topological polar surface area (TPSA) is 123 Å². The van der Waals surface area contributed by atoms with Crippen molar-refractivity contribution in [2.45, 2.75) is 32.0 Å². The van der Waals surface area contributed by atoms with Crippen molar-refractivity contribution in [1.82, 2.24) is 15.1 Å². The van der Waals surface area contributed by atoms with Crippen molar-refractivity contribution in [3.8, 4) is 22.7 Å². The van der Waals surface area contributed by atoms with Crippen LogP contribution >= 0.6 is 0 Å². The number of nitrogens with two attached hydrogens (primary N) is 1. The van der Waals surface area contributed by atoms with Gasteiger partial charge in [0.1, 0.15) is 11.4 Å². The Morgan fingerprint density at radius 1 is 1.17 bits per heavy atom. The molecule has 3 heterocycles. The number of hydrogen-bond donors (Lipinski definition) is 2. The van der Waals surface area contributed by atoms with Gasteiger partial charge in [-0.2, -0.15) is 23.0 Å². The number of nitrogens with one attached hydrogen (secondary N) is 1. The number of aromatic nitrogens is 2. The Kier molecular flexibility index (Phi) is 7.37. The molecule has 2 amide bonds. The summed E-state index contributed by atoms with van der Waals surface area (Å²) in [5.41, 5.74) is 5.05. The monoisotopic (exact) mass is 570 g/mol. The van der Waals surface area contributed by atoms with Crippen molar-refractivity contribution in [2.24, 2.45) is 5.73 Å². The summed E-state index contributed by atoms with van der Waals surface area (Å²) in [4.78, 5) is 40.5. The van der Waals surface area contributed by atoms with Gasteiger partial charge in [0.25, 0.3) is 5.56 Å². The number of fused-ring (bicyclic) bond motifs is 1. The number of amides is 2. The lowest BCUT2D eigenvalue weighted by Gasteiger charge is -2.23. The summed E-state index contributed by atoms with van der Waals surface area (Å²) in [6.45, 7) is 2.32. The fourth-order valence-corrected chi connectivity index (χ4v) is 5.51. The summed E-state index contributed by atoms with van der Waals surface area (Å²) >= 11 is 0. The van der Waals surface area contributed by atoms with Gasteiger partial charge in [0, 0.05) is 49.4 Å². The molecule has 1 fully saturated rings. The third-order valence-corrected chi connectivity index (χ3v) is 7.28. The molecule has 0 spiro atoms. The van der Waals surface area contributed by atoms with Crippen LogP contribution in [0.5, 0.6) is 5.75 Å². The maximum atomic E-state index is 14.3. The first-order valence-corrected chi connectivity index (χ1v) is 13.0. The van der Waals surface area contributed by atoms with Crippen LogP contribution in [0.1, 0.15) is 24.5 Å². The summed E-state index contributed by atoms with van der Waals surface area (Å²) in [6, 6.07) is 10.3. The van der Waals surface area contributed by atoms with Gasteiger partial charge in [-0.05, 0) is 43.2 Å². The van der Waals surface area contributed by atoms with Crippen molar-refractivity contribution in [1.29, 1.82) is 0 Å². The predicted octanol–water partition coefficient (Wildman–Crippen LogP) is 2.49. The second kappa shape index (κ2) is 10.8. The average molecular weight is 571 g/mol. The normalized spacial score (nSPS) is 16.6. The number of benzene rings is 2. The van der Waals surface area contributed by atoms with Crippen LogP contribution in [0.3, 0.4) is 0 Å². The number of alkyl halides is 3. The summed E-state index contributed by atoms with van der Waals surface area (Å²) in [6.07, 6.45) is -3.82. The van der Waals surface area contributed by atoms with E-state index in [9.17, 15) is 27.6 Å². The first kappa shape index (κ1) is 28.0. The zero-order chi connectivity index (χ0) is 29.5. The summed E-state index contributed by atoms with van der Waals surface area (Å²) < 4.78 is 49.1. The molecule has 1 saturated heterocycles. The predicted molar refractivity (Wildman–Crippen MR) is 146 cm³/mol. The van der Waals surface area contributed by atoms with Gasteiger partial charge in [-0.3, -0.25) is 14.4 Å². The number of halogens is 3. The molecule has 10 nitrogen and oxygen atoms in total. The summed E-state index contributed by atoms with van der Waals surface area (Å²) in [5.74, 6) is -0.364. The van der Waals surface area contributed by atoms with Crippen molar-refractivity contribution in [3.05, 3.63) is 63.9 Å². The molecule has 3 N–H and O–H groups in total. The van der Waals surface area contributed by atoms with Crippen LogP contribution in [-0.4, -0.2) is 60.9 Å². The van der Waals surface area contributed by atoms with Gasteiger partial charge in [0.05, 0.1) is 30.6 Å². The van der Waals surface area contributed by atoms with Crippen LogP contribution in [-0.2, 0) is 22.2 Å². The molecule has 1 aromatic heterocycles. The second-order valence-corrected chi connectivity index (χ2v) is 10.1.